The summed E-state index contributed by atoms with van der Waals surface area (Å²) in [5.41, 5.74) is 1.90. The maximum absolute atomic E-state index is 12.4. The van der Waals surface area contributed by atoms with Crippen molar-refractivity contribution in [2.75, 3.05) is 12.4 Å². The number of thiophene rings is 1. The molecule has 2 N–H and O–H groups in total. The van der Waals surface area contributed by atoms with E-state index in [4.69, 9.17) is 4.74 Å². The van der Waals surface area contributed by atoms with Crippen LogP contribution in [0.2, 0.25) is 0 Å². The summed E-state index contributed by atoms with van der Waals surface area (Å²) >= 11 is 1.23. The lowest BCUT2D eigenvalue weighted by molar-refractivity contribution is 0.0607. The predicted octanol–water partition coefficient (Wildman–Crippen LogP) is 3.27. The molecule has 0 spiro atoms. The molecule has 0 saturated heterocycles. The number of benzene rings is 1. The van der Waals surface area contributed by atoms with Crippen molar-refractivity contribution < 1.29 is 14.3 Å². The number of carbonyl (C=O) groups is 2. The Kier molecular flexibility index (Phi) is 3.45. The lowest BCUT2D eigenvalue weighted by atomic mass is 10.1. The fourth-order valence-electron chi connectivity index (χ4n) is 2.13. The smallest absolute Gasteiger partial charge is 0.350 e. The first-order chi connectivity index (χ1) is 10.2. The largest absolute Gasteiger partial charge is 0.465 e. The molecule has 0 aliphatic heterocycles. The highest BCUT2D eigenvalue weighted by molar-refractivity contribution is 7.12. The van der Waals surface area contributed by atoms with Gasteiger partial charge in [0.25, 0.3) is 5.91 Å². The molecule has 6 heteroatoms. The number of ether oxygens (including phenoxy) is 1. The molecular formula is C15H12N2O3S. The number of hydrogen-bond donors (Lipinski definition) is 2. The molecule has 3 aromatic rings. The van der Waals surface area contributed by atoms with Crippen molar-refractivity contribution in [1.82, 2.24) is 4.98 Å². The molecule has 2 heterocycles. The topological polar surface area (TPSA) is 71.2 Å². The quantitative estimate of drug-likeness (QED) is 0.729. The number of aromatic nitrogens is 1. The zero-order chi connectivity index (χ0) is 14.8. The first-order valence-electron chi connectivity index (χ1n) is 6.24. The summed E-state index contributed by atoms with van der Waals surface area (Å²) in [6.45, 7) is 0. The number of carbonyl (C=O) groups excluding carboxylic acids is 2. The number of fused-ring (bicyclic) bond motifs is 1. The van der Waals surface area contributed by atoms with E-state index in [1.165, 1.54) is 18.4 Å². The Morgan fingerprint density at radius 3 is 2.90 bits per heavy atom. The van der Waals surface area contributed by atoms with Gasteiger partial charge in [0.15, 0.2) is 0 Å². The minimum atomic E-state index is -0.458. The van der Waals surface area contributed by atoms with E-state index in [1.807, 2.05) is 18.2 Å². The van der Waals surface area contributed by atoms with E-state index in [-0.39, 0.29) is 5.91 Å². The fraction of sp³-hybridized carbons (Fsp3) is 0.0667. The van der Waals surface area contributed by atoms with Gasteiger partial charge in [-0.1, -0.05) is 6.07 Å². The molecule has 1 amide bonds. The lowest BCUT2D eigenvalue weighted by Gasteiger charge is -2.06. The number of nitrogens with one attached hydrogen (secondary N) is 2. The third kappa shape index (κ3) is 2.41. The van der Waals surface area contributed by atoms with Crippen LogP contribution in [0, 0.1) is 0 Å². The van der Waals surface area contributed by atoms with Gasteiger partial charge < -0.3 is 15.0 Å². The van der Waals surface area contributed by atoms with Crippen LogP contribution in [0.3, 0.4) is 0 Å². The molecule has 0 radical (unpaired) electrons. The maximum atomic E-state index is 12.4. The van der Waals surface area contributed by atoms with E-state index in [0.717, 1.165) is 10.9 Å². The molecule has 0 fully saturated rings. The minimum absolute atomic E-state index is 0.260. The summed E-state index contributed by atoms with van der Waals surface area (Å²) in [6.07, 6.45) is 1.78. The van der Waals surface area contributed by atoms with Gasteiger partial charge in [0.05, 0.1) is 12.8 Å². The number of aromatic amines is 1. The molecule has 0 aliphatic rings. The van der Waals surface area contributed by atoms with E-state index in [2.05, 4.69) is 10.3 Å². The first kappa shape index (κ1) is 13.4. The van der Waals surface area contributed by atoms with Gasteiger partial charge in [-0.15, -0.1) is 11.3 Å². The number of H-pyrrole nitrogens is 1. The maximum Gasteiger partial charge on any atom is 0.350 e. The van der Waals surface area contributed by atoms with E-state index >= 15 is 0 Å². The Morgan fingerprint density at radius 2 is 2.10 bits per heavy atom. The highest BCUT2D eigenvalue weighted by Gasteiger charge is 2.17. The van der Waals surface area contributed by atoms with Crippen LogP contribution in [0.1, 0.15) is 20.0 Å². The van der Waals surface area contributed by atoms with Crippen molar-refractivity contribution in [2.24, 2.45) is 0 Å². The minimum Gasteiger partial charge on any atom is -0.465 e. The Balaban J connectivity index is 1.92. The first-order valence-corrected chi connectivity index (χ1v) is 7.12. The molecule has 0 atom stereocenters. The summed E-state index contributed by atoms with van der Waals surface area (Å²) in [5, 5.41) is 5.33. The number of hydrogen-bond acceptors (Lipinski definition) is 4. The number of anilines is 1. The van der Waals surface area contributed by atoms with Crippen LogP contribution in [-0.4, -0.2) is 24.0 Å². The molecule has 21 heavy (non-hydrogen) atoms. The van der Waals surface area contributed by atoms with E-state index in [0.29, 0.717) is 16.1 Å². The summed E-state index contributed by atoms with van der Waals surface area (Å²) in [6, 6.07) is 8.99. The Labute approximate surface area is 124 Å². The molecule has 5 nitrogen and oxygen atoms in total. The summed E-state index contributed by atoms with van der Waals surface area (Å²) in [4.78, 5) is 27.5. The van der Waals surface area contributed by atoms with Gasteiger partial charge >= 0.3 is 5.97 Å². The molecular weight excluding hydrogens is 288 g/mol. The van der Waals surface area contributed by atoms with Gasteiger partial charge in [-0.25, -0.2) is 4.79 Å². The van der Waals surface area contributed by atoms with Gasteiger partial charge in [0, 0.05) is 22.7 Å². The molecule has 2 aromatic heterocycles. The number of methoxy groups -OCH3 is 1. The van der Waals surface area contributed by atoms with Crippen LogP contribution in [0.25, 0.3) is 10.9 Å². The van der Waals surface area contributed by atoms with Gasteiger partial charge in [-0.05, 0) is 29.6 Å². The normalized spacial score (nSPS) is 10.5. The summed E-state index contributed by atoms with van der Waals surface area (Å²) < 4.78 is 4.70. The SMILES string of the molecule is COC(=O)c1sccc1NC(=O)c1cccc2[nH]ccc12. The van der Waals surface area contributed by atoms with Crippen LogP contribution in [0.4, 0.5) is 5.69 Å². The number of rotatable bonds is 3. The molecule has 106 valence electrons. The summed E-state index contributed by atoms with van der Waals surface area (Å²) in [5.74, 6) is -0.719. The molecule has 0 aliphatic carbocycles. The van der Waals surface area contributed by atoms with Crippen molar-refractivity contribution in [3.05, 3.63) is 52.3 Å². The van der Waals surface area contributed by atoms with Crippen molar-refractivity contribution in [3.8, 4) is 0 Å². The lowest BCUT2D eigenvalue weighted by Crippen LogP contribution is -2.14. The van der Waals surface area contributed by atoms with Crippen molar-refractivity contribution in [1.29, 1.82) is 0 Å². The average molecular weight is 300 g/mol. The molecule has 0 bridgehead atoms. The van der Waals surface area contributed by atoms with E-state index in [9.17, 15) is 9.59 Å². The third-order valence-corrected chi connectivity index (χ3v) is 4.02. The average Bonchev–Trinajstić information content (AvgIpc) is 3.14. The highest BCUT2D eigenvalue weighted by Crippen LogP contribution is 2.25. The van der Waals surface area contributed by atoms with Gasteiger partial charge in [-0.2, -0.15) is 0 Å². The second-order valence-electron chi connectivity index (χ2n) is 4.35. The summed E-state index contributed by atoms with van der Waals surface area (Å²) in [7, 11) is 1.31. The van der Waals surface area contributed by atoms with E-state index < -0.39 is 5.97 Å². The Morgan fingerprint density at radius 1 is 1.24 bits per heavy atom. The predicted molar refractivity (Wildman–Crippen MR) is 81.9 cm³/mol. The second kappa shape index (κ2) is 5.41. The van der Waals surface area contributed by atoms with Crippen LogP contribution in [-0.2, 0) is 4.74 Å². The van der Waals surface area contributed by atoms with Crippen molar-refractivity contribution in [3.63, 3.8) is 0 Å². The fourth-order valence-corrected chi connectivity index (χ4v) is 2.90. The zero-order valence-electron chi connectivity index (χ0n) is 11.2. The van der Waals surface area contributed by atoms with Gasteiger partial charge in [0.2, 0.25) is 0 Å². The van der Waals surface area contributed by atoms with Crippen molar-refractivity contribution in [2.45, 2.75) is 0 Å². The molecule has 0 unspecified atom stereocenters. The molecule has 0 saturated carbocycles. The van der Waals surface area contributed by atoms with Crippen LogP contribution in [0.15, 0.2) is 41.9 Å². The second-order valence-corrected chi connectivity index (χ2v) is 5.27. The van der Waals surface area contributed by atoms with E-state index in [1.54, 1.807) is 23.7 Å². The number of amides is 1. The van der Waals surface area contributed by atoms with Crippen LogP contribution < -0.4 is 5.32 Å². The van der Waals surface area contributed by atoms with Crippen molar-refractivity contribution >= 4 is 39.8 Å². The molecule has 1 aromatic carbocycles. The van der Waals surface area contributed by atoms with Crippen LogP contribution >= 0.6 is 11.3 Å². The monoisotopic (exact) mass is 300 g/mol. The third-order valence-electron chi connectivity index (χ3n) is 3.12. The standard InChI is InChI=1S/C15H12N2O3S/c1-20-15(19)13-12(6-8-21-13)17-14(18)10-3-2-4-11-9(10)5-7-16-11/h2-8,16H,1H3,(H,17,18). The van der Waals surface area contributed by atoms with Gasteiger partial charge in [-0.3, -0.25) is 4.79 Å². The highest BCUT2D eigenvalue weighted by atomic mass is 32.1. The number of esters is 1. The Bertz CT molecular complexity index is 819. The molecule has 3 rings (SSSR count). The van der Waals surface area contributed by atoms with Crippen LogP contribution in [0.5, 0.6) is 0 Å². The zero-order valence-corrected chi connectivity index (χ0v) is 12.0. The van der Waals surface area contributed by atoms with Gasteiger partial charge in [0.1, 0.15) is 4.88 Å². The Hall–Kier alpha value is -2.60.